The first-order valence-corrected chi connectivity index (χ1v) is 3.16. The summed E-state index contributed by atoms with van der Waals surface area (Å²) in [6.07, 6.45) is -0.762. The van der Waals surface area contributed by atoms with Crippen molar-refractivity contribution in [2.75, 3.05) is 13.2 Å². The summed E-state index contributed by atoms with van der Waals surface area (Å²) in [4.78, 5) is 0. The van der Waals surface area contributed by atoms with Crippen LogP contribution in [-0.2, 0) is 9.47 Å². The van der Waals surface area contributed by atoms with Gasteiger partial charge in [0.2, 0.25) is 6.29 Å². The van der Waals surface area contributed by atoms with Crippen LogP contribution in [0, 0.1) is 11.8 Å². The zero-order chi connectivity index (χ0) is 7.40. The van der Waals surface area contributed by atoms with Gasteiger partial charge in [-0.3, -0.25) is 0 Å². The molecule has 1 N–H and O–H groups in total. The van der Waals surface area contributed by atoms with Crippen LogP contribution in [0.2, 0.25) is 0 Å². The second-order valence-corrected chi connectivity index (χ2v) is 2.04. The van der Waals surface area contributed by atoms with Crippen LogP contribution in [0.15, 0.2) is 0 Å². The lowest BCUT2D eigenvalue weighted by Gasteiger charge is -2.01. The van der Waals surface area contributed by atoms with Crippen molar-refractivity contribution in [2.45, 2.75) is 19.3 Å². The Hall–Kier alpha value is -0.560. The molecule has 0 aromatic carbocycles. The molecule has 0 saturated carbocycles. The van der Waals surface area contributed by atoms with Crippen molar-refractivity contribution in [2.24, 2.45) is 0 Å². The lowest BCUT2D eigenvalue weighted by Crippen LogP contribution is -2.12. The Morgan fingerprint density at radius 2 is 2.60 bits per heavy atom. The Kier molecular flexibility index (Phi) is 2.69. The van der Waals surface area contributed by atoms with Gasteiger partial charge >= 0.3 is 0 Å². The first-order valence-electron chi connectivity index (χ1n) is 3.16. The van der Waals surface area contributed by atoms with Crippen LogP contribution in [0.25, 0.3) is 0 Å². The van der Waals surface area contributed by atoms with Gasteiger partial charge in [-0.25, -0.2) is 0 Å². The minimum atomic E-state index is -0.950. The third-order valence-corrected chi connectivity index (χ3v) is 1.11. The van der Waals surface area contributed by atoms with E-state index in [1.807, 2.05) is 0 Å². The molecule has 56 valence electrons. The summed E-state index contributed by atoms with van der Waals surface area (Å²) in [7, 11) is 0. The van der Waals surface area contributed by atoms with E-state index in [4.69, 9.17) is 14.6 Å². The van der Waals surface area contributed by atoms with Gasteiger partial charge in [-0.2, -0.15) is 0 Å². The summed E-state index contributed by atoms with van der Waals surface area (Å²) < 4.78 is 9.72. The van der Waals surface area contributed by atoms with Crippen molar-refractivity contribution in [1.82, 2.24) is 0 Å². The van der Waals surface area contributed by atoms with Gasteiger partial charge in [0.05, 0.1) is 13.2 Å². The molecule has 0 amide bonds. The minimum absolute atomic E-state index is 0.188. The molecule has 10 heavy (non-hydrogen) atoms. The van der Waals surface area contributed by atoms with E-state index in [0.717, 1.165) is 6.61 Å². The van der Waals surface area contributed by atoms with Crippen LogP contribution >= 0.6 is 0 Å². The number of epoxide rings is 1. The molecule has 0 radical (unpaired) electrons. The summed E-state index contributed by atoms with van der Waals surface area (Å²) in [5.41, 5.74) is 0. The molecule has 0 aromatic rings. The van der Waals surface area contributed by atoms with Crippen LogP contribution < -0.4 is 0 Å². The van der Waals surface area contributed by atoms with E-state index >= 15 is 0 Å². The van der Waals surface area contributed by atoms with Crippen LogP contribution in [0.5, 0.6) is 0 Å². The van der Waals surface area contributed by atoms with Gasteiger partial charge in [0, 0.05) is 0 Å². The van der Waals surface area contributed by atoms with Gasteiger partial charge in [-0.1, -0.05) is 0 Å². The maximum absolute atomic E-state index is 8.87. The predicted octanol–water partition coefficient (Wildman–Crippen LogP) is -0.257. The highest BCUT2D eigenvalue weighted by molar-refractivity contribution is 4.98. The van der Waals surface area contributed by atoms with Crippen LogP contribution in [0.3, 0.4) is 0 Å². The third-order valence-electron chi connectivity index (χ3n) is 1.11. The van der Waals surface area contributed by atoms with E-state index in [-0.39, 0.29) is 6.10 Å². The maximum atomic E-state index is 8.87. The normalized spacial score (nSPS) is 24.8. The van der Waals surface area contributed by atoms with E-state index in [2.05, 4.69) is 11.8 Å². The van der Waals surface area contributed by atoms with Crippen molar-refractivity contribution in [3.05, 3.63) is 0 Å². The van der Waals surface area contributed by atoms with Crippen molar-refractivity contribution < 1.29 is 14.6 Å². The van der Waals surface area contributed by atoms with Crippen molar-refractivity contribution in [3.8, 4) is 11.8 Å². The van der Waals surface area contributed by atoms with E-state index in [9.17, 15) is 0 Å². The fourth-order valence-electron chi connectivity index (χ4n) is 0.528. The van der Waals surface area contributed by atoms with E-state index in [0.29, 0.717) is 6.61 Å². The zero-order valence-electron chi connectivity index (χ0n) is 5.83. The number of hydrogen-bond acceptors (Lipinski definition) is 3. The third kappa shape index (κ3) is 2.83. The van der Waals surface area contributed by atoms with E-state index < -0.39 is 6.29 Å². The average Bonchev–Trinajstić information content (AvgIpc) is 2.67. The number of aliphatic hydroxyl groups excluding tert-OH is 1. The highest BCUT2D eigenvalue weighted by Crippen LogP contribution is 2.08. The summed E-state index contributed by atoms with van der Waals surface area (Å²) in [5, 5.41) is 8.87. The van der Waals surface area contributed by atoms with Crippen LogP contribution in [0.4, 0.5) is 0 Å². The standard InChI is InChI=1S/C7H10O3/c1-2-3-7(8)10-5-6-4-9-6/h6-8H,4-5H2,1H3. The van der Waals surface area contributed by atoms with Crippen LogP contribution in [-0.4, -0.2) is 30.7 Å². The molecule has 1 fully saturated rings. The fraction of sp³-hybridized carbons (Fsp3) is 0.714. The Bertz CT molecular complexity index is 152. The topological polar surface area (TPSA) is 42.0 Å². The molecule has 2 unspecified atom stereocenters. The molecule has 1 aliphatic heterocycles. The molecular formula is C7H10O3. The number of rotatable bonds is 3. The molecule has 0 aromatic heterocycles. The van der Waals surface area contributed by atoms with Gasteiger partial charge < -0.3 is 14.6 Å². The second-order valence-electron chi connectivity index (χ2n) is 2.04. The average molecular weight is 142 g/mol. The first-order chi connectivity index (χ1) is 4.83. The smallest absolute Gasteiger partial charge is 0.220 e. The first kappa shape index (κ1) is 7.55. The van der Waals surface area contributed by atoms with Gasteiger partial charge in [0.15, 0.2) is 0 Å². The molecule has 3 nitrogen and oxygen atoms in total. The van der Waals surface area contributed by atoms with E-state index in [1.54, 1.807) is 6.92 Å². The maximum Gasteiger partial charge on any atom is 0.220 e. The highest BCUT2D eigenvalue weighted by atomic mass is 16.6. The van der Waals surface area contributed by atoms with Gasteiger partial charge in [0.25, 0.3) is 0 Å². The zero-order valence-corrected chi connectivity index (χ0v) is 5.83. The minimum Gasteiger partial charge on any atom is -0.371 e. The monoisotopic (exact) mass is 142 g/mol. The summed E-state index contributed by atoms with van der Waals surface area (Å²) in [6.45, 7) is 2.84. The summed E-state index contributed by atoms with van der Waals surface area (Å²) in [5.74, 6) is 5.00. The van der Waals surface area contributed by atoms with Crippen molar-refractivity contribution in [1.29, 1.82) is 0 Å². The number of hydrogen-bond donors (Lipinski definition) is 1. The van der Waals surface area contributed by atoms with Gasteiger partial charge in [-0.05, 0) is 12.8 Å². The molecule has 0 spiro atoms. The molecule has 1 rings (SSSR count). The lowest BCUT2D eigenvalue weighted by molar-refractivity contribution is -0.0615. The molecule has 0 aliphatic carbocycles. The Balaban J connectivity index is 2.03. The predicted molar refractivity (Wildman–Crippen MR) is 35.1 cm³/mol. The quantitative estimate of drug-likeness (QED) is 0.335. The lowest BCUT2D eigenvalue weighted by atomic mass is 10.5. The Morgan fingerprint density at radius 3 is 3.10 bits per heavy atom. The SMILES string of the molecule is CC#CC(O)OCC1CO1. The summed E-state index contributed by atoms with van der Waals surface area (Å²) >= 11 is 0. The van der Waals surface area contributed by atoms with Gasteiger partial charge in [-0.15, -0.1) is 5.92 Å². The number of ether oxygens (including phenoxy) is 2. The number of aliphatic hydroxyl groups is 1. The Labute approximate surface area is 59.9 Å². The highest BCUT2D eigenvalue weighted by Gasteiger charge is 2.23. The Morgan fingerprint density at radius 1 is 1.90 bits per heavy atom. The van der Waals surface area contributed by atoms with Gasteiger partial charge in [0.1, 0.15) is 6.10 Å². The molecule has 0 bridgehead atoms. The molecule has 1 saturated heterocycles. The summed E-state index contributed by atoms with van der Waals surface area (Å²) in [6, 6.07) is 0. The molecular weight excluding hydrogens is 132 g/mol. The van der Waals surface area contributed by atoms with Crippen molar-refractivity contribution >= 4 is 0 Å². The van der Waals surface area contributed by atoms with E-state index in [1.165, 1.54) is 0 Å². The fourth-order valence-corrected chi connectivity index (χ4v) is 0.528. The largest absolute Gasteiger partial charge is 0.371 e. The van der Waals surface area contributed by atoms with Crippen molar-refractivity contribution in [3.63, 3.8) is 0 Å². The second kappa shape index (κ2) is 3.57. The molecule has 1 aliphatic rings. The molecule has 3 heteroatoms. The molecule has 2 atom stereocenters. The molecule has 1 heterocycles. The van der Waals surface area contributed by atoms with Crippen LogP contribution in [0.1, 0.15) is 6.92 Å².